The van der Waals surface area contributed by atoms with Gasteiger partial charge in [-0.25, -0.2) is 0 Å². The van der Waals surface area contributed by atoms with Crippen molar-refractivity contribution in [1.82, 2.24) is 9.80 Å². The van der Waals surface area contributed by atoms with Crippen LogP contribution in [0.2, 0.25) is 0 Å². The van der Waals surface area contributed by atoms with Gasteiger partial charge < -0.3 is 19.6 Å². The van der Waals surface area contributed by atoms with Gasteiger partial charge in [-0.05, 0) is 43.8 Å². The molecule has 2 saturated heterocycles. The first-order valence-corrected chi connectivity index (χ1v) is 10.7. The van der Waals surface area contributed by atoms with Crippen LogP contribution in [0.25, 0.3) is 0 Å². The van der Waals surface area contributed by atoms with Crippen molar-refractivity contribution in [2.24, 2.45) is 0 Å². The SMILES string of the molecule is Cc1cccc(CC(=O)N2CCN(c3ccc(N4CCN(C)CC4)cc3)CC2)c1. The van der Waals surface area contributed by atoms with Crippen molar-refractivity contribution >= 4 is 17.3 Å². The number of rotatable bonds is 4. The number of carbonyl (C=O) groups is 1. The highest BCUT2D eigenvalue weighted by molar-refractivity contribution is 5.79. The average molecular weight is 393 g/mol. The quantitative estimate of drug-likeness (QED) is 0.800. The smallest absolute Gasteiger partial charge is 0.227 e. The summed E-state index contributed by atoms with van der Waals surface area (Å²) in [6.45, 7) is 9.90. The summed E-state index contributed by atoms with van der Waals surface area (Å²) < 4.78 is 0. The Balaban J connectivity index is 1.29. The lowest BCUT2D eigenvalue weighted by Gasteiger charge is -2.37. The zero-order valence-electron chi connectivity index (χ0n) is 17.7. The van der Waals surface area contributed by atoms with E-state index in [1.165, 1.54) is 16.9 Å². The maximum absolute atomic E-state index is 12.7. The van der Waals surface area contributed by atoms with E-state index in [0.717, 1.165) is 57.9 Å². The summed E-state index contributed by atoms with van der Waals surface area (Å²) in [5, 5.41) is 0. The van der Waals surface area contributed by atoms with Gasteiger partial charge in [-0.15, -0.1) is 0 Å². The minimum atomic E-state index is 0.237. The molecule has 0 spiro atoms. The molecule has 0 N–H and O–H groups in total. The van der Waals surface area contributed by atoms with Crippen LogP contribution in [0, 0.1) is 6.92 Å². The van der Waals surface area contributed by atoms with Gasteiger partial charge in [-0.1, -0.05) is 29.8 Å². The average Bonchev–Trinajstić information content (AvgIpc) is 2.75. The predicted molar refractivity (Wildman–Crippen MR) is 120 cm³/mol. The fourth-order valence-electron chi connectivity index (χ4n) is 4.26. The van der Waals surface area contributed by atoms with Crippen LogP contribution in [0.4, 0.5) is 11.4 Å². The number of likely N-dealkylation sites (N-methyl/N-ethyl adjacent to an activating group) is 1. The van der Waals surface area contributed by atoms with Gasteiger partial charge in [0.05, 0.1) is 6.42 Å². The lowest BCUT2D eigenvalue weighted by atomic mass is 10.1. The summed E-state index contributed by atoms with van der Waals surface area (Å²) in [6, 6.07) is 17.2. The topological polar surface area (TPSA) is 30.0 Å². The fraction of sp³-hybridized carbons (Fsp3) is 0.458. The van der Waals surface area contributed by atoms with E-state index in [1.54, 1.807) is 0 Å². The van der Waals surface area contributed by atoms with E-state index in [-0.39, 0.29) is 5.91 Å². The van der Waals surface area contributed by atoms with Crippen LogP contribution in [-0.2, 0) is 11.2 Å². The number of carbonyl (C=O) groups excluding carboxylic acids is 1. The molecular formula is C24H32N4O. The second-order valence-electron chi connectivity index (χ2n) is 8.34. The van der Waals surface area contributed by atoms with Gasteiger partial charge in [0.1, 0.15) is 0 Å². The summed E-state index contributed by atoms with van der Waals surface area (Å²) in [4.78, 5) is 21.9. The molecule has 1 amide bonds. The largest absolute Gasteiger partial charge is 0.369 e. The summed E-state index contributed by atoms with van der Waals surface area (Å²) in [7, 11) is 2.19. The van der Waals surface area contributed by atoms with E-state index in [1.807, 2.05) is 17.0 Å². The van der Waals surface area contributed by atoms with Crippen molar-refractivity contribution < 1.29 is 4.79 Å². The van der Waals surface area contributed by atoms with Crippen LogP contribution >= 0.6 is 0 Å². The Hall–Kier alpha value is -2.53. The van der Waals surface area contributed by atoms with E-state index in [0.29, 0.717) is 6.42 Å². The molecule has 2 fully saturated rings. The standard InChI is InChI=1S/C24H32N4O/c1-20-4-3-5-21(18-20)19-24(29)28-16-14-27(15-17-28)23-8-6-22(7-9-23)26-12-10-25(2)11-13-26/h3-9,18H,10-17,19H2,1-2H3. The Kier molecular flexibility index (Phi) is 6.05. The van der Waals surface area contributed by atoms with Gasteiger partial charge in [0, 0.05) is 63.7 Å². The highest BCUT2D eigenvalue weighted by Crippen LogP contribution is 2.23. The molecule has 5 heteroatoms. The molecule has 4 rings (SSSR count). The van der Waals surface area contributed by atoms with Crippen LogP contribution in [0.15, 0.2) is 48.5 Å². The van der Waals surface area contributed by atoms with Gasteiger partial charge >= 0.3 is 0 Å². The summed E-state index contributed by atoms with van der Waals surface area (Å²) >= 11 is 0. The van der Waals surface area contributed by atoms with Crippen LogP contribution in [0.1, 0.15) is 11.1 Å². The number of piperazine rings is 2. The first-order chi connectivity index (χ1) is 14.1. The summed E-state index contributed by atoms with van der Waals surface area (Å²) in [5.74, 6) is 0.237. The van der Waals surface area contributed by atoms with E-state index in [2.05, 4.69) is 65.1 Å². The fourth-order valence-corrected chi connectivity index (χ4v) is 4.26. The molecule has 2 aromatic rings. The maximum atomic E-state index is 12.7. The van der Waals surface area contributed by atoms with Crippen molar-refractivity contribution in [3.63, 3.8) is 0 Å². The Morgan fingerprint density at radius 2 is 1.34 bits per heavy atom. The molecule has 0 aliphatic carbocycles. The lowest BCUT2D eigenvalue weighted by Crippen LogP contribution is -2.49. The molecule has 5 nitrogen and oxygen atoms in total. The van der Waals surface area contributed by atoms with E-state index >= 15 is 0 Å². The number of aryl methyl sites for hydroxylation is 1. The van der Waals surface area contributed by atoms with Gasteiger partial charge in [0.15, 0.2) is 0 Å². The number of anilines is 2. The van der Waals surface area contributed by atoms with E-state index < -0.39 is 0 Å². The van der Waals surface area contributed by atoms with Crippen molar-refractivity contribution in [3.05, 3.63) is 59.7 Å². The first kappa shape index (κ1) is 19.8. The number of amides is 1. The van der Waals surface area contributed by atoms with Crippen molar-refractivity contribution in [3.8, 4) is 0 Å². The first-order valence-electron chi connectivity index (χ1n) is 10.7. The Morgan fingerprint density at radius 1 is 0.793 bits per heavy atom. The third-order valence-corrected chi connectivity index (χ3v) is 6.15. The molecular weight excluding hydrogens is 360 g/mol. The molecule has 0 saturated carbocycles. The Morgan fingerprint density at radius 3 is 1.90 bits per heavy atom. The summed E-state index contributed by atoms with van der Waals surface area (Å²) in [5.41, 5.74) is 4.89. The third kappa shape index (κ3) is 4.91. The Bertz CT molecular complexity index is 819. The maximum Gasteiger partial charge on any atom is 0.227 e. The second kappa shape index (κ2) is 8.87. The number of nitrogens with zero attached hydrogens (tertiary/aromatic N) is 4. The zero-order valence-corrected chi connectivity index (χ0v) is 17.7. The van der Waals surface area contributed by atoms with Gasteiger partial charge in [-0.3, -0.25) is 4.79 Å². The molecule has 154 valence electrons. The highest BCUT2D eigenvalue weighted by atomic mass is 16.2. The molecule has 0 bridgehead atoms. The molecule has 0 atom stereocenters. The zero-order chi connectivity index (χ0) is 20.2. The molecule has 0 aromatic heterocycles. The predicted octanol–water partition coefficient (Wildman–Crippen LogP) is 2.64. The normalized spacial score (nSPS) is 18.2. The minimum Gasteiger partial charge on any atom is -0.369 e. The highest BCUT2D eigenvalue weighted by Gasteiger charge is 2.22. The monoisotopic (exact) mass is 392 g/mol. The number of hydrogen-bond donors (Lipinski definition) is 0. The summed E-state index contributed by atoms with van der Waals surface area (Å²) in [6.07, 6.45) is 0.501. The van der Waals surface area contributed by atoms with Crippen LogP contribution in [0.5, 0.6) is 0 Å². The van der Waals surface area contributed by atoms with Crippen LogP contribution < -0.4 is 9.80 Å². The number of hydrogen-bond acceptors (Lipinski definition) is 4. The van der Waals surface area contributed by atoms with Crippen molar-refractivity contribution in [2.45, 2.75) is 13.3 Å². The molecule has 0 unspecified atom stereocenters. The van der Waals surface area contributed by atoms with Gasteiger partial charge in [-0.2, -0.15) is 0 Å². The van der Waals surface area contributed by atoms with Crippen molar-refractivity contribution in [2.75, 3.05) is 69.2 Å². The van der Waals surface area contributed by atoms with E-state index in [4.69, 9.17) is 0 Å². The molecule has 0 radical (unpaired) electrons. The van der Waals surface area contributed by atoms with E-state index in [9.17, 15) is 4.79 Å². The molecule has 2 aromatic carbocycles. The van der Waals surface area contributed by atoms with Crippen LogP contribution in [0.3, 0.4) is 0 Å². The lowest BCUT2D eigenvalue weighted by molar-refractivity contribution is -0.130. The number of benzene rings is 2. The Labute approximate surface area is 174 Å². The molecule has 2 aliphatic rings. The molecule has 2 heterocycles. The third-order valence-electron chi connectivity index (χ3n) is 6.15. The second-order valence-corrected chi connectivity index (χ2v) is 8.34. The molecule has 29 heavy (non-hydrogen) atoms. The molecule has 2 aliphatic heterocycles. The minimum absolute atomic E-state index is 0.237. The van der Waals surface area contributed by atoms with Crippen molar-refractivity contribution in [1.29, 1.82) is 0 Å². The van der Waals surface area contributed by atoms with Gasteiger partial charge in [0.2, 0.25) is 5.91 Å². The van der Waals surface area contributed by atoms with Crippen LogP contribution in [-0.4, -0.2) is 75.1 Å². The van der Waals surface area contributed by atoms with Gasteiger partial charge in [0.25, 0.3) is 0 Å².